The third-order valence-corrected chi connectivity index (χ3v) is 7.22. The van der Waals surface area contributed by atoms with E-state index in [9.17, 15) is 0 Å². The normalized spacial score (nSPS) is 19.6. The fraction of sp³-hybridized carbons (Fsp3) is 0.455. The Morgan fingerprint density at radius 3 is 2.63 bits per heavy atom. The van der Waals surface area contributed by atoms with Gasteiger partial charge in [0.2, 0.25) is 0 Å². The largest absolute Gasteiger partial charge is 0.289 e. The average molecular weight is 379 g/mol. The number of nitrogens with zero attached hydrogens (tertiary/aromatic N) is 4. The van der Waals surface area contributed by atoms with Crippen LogP contribution >= 0.6 is 11.3 Å². The third kappa shape index (κ3) is 3.03. The maximum absolute atomic E-state index is 4.58. The summed E-state index contributed by atoms with van der Waals surface area (Å²) in [5.41, 5.74) is 4.36. The minimum absolute atomic E-state index is 0.302. The molecule has 1 fully saturated rings. The van der Waals surface area contributed by atoms with Crippen LogP contribution in [0.15, 0.2) is 30.3 Å². The molecule has 27 heavy (non-hydrogen) atoms. The van der Waals surface area contributed by atoms with E-state index in [4.69, 9.17) is 0 Å². The molecule has 1 aliphatic heterocycles. The van der Waals surface area contributed by atoms with E-state index in [0.717, 1.165) is 30.5 Å². The molecule has 4 nitrogen and oxygen atoms in total. The first-order valence-electron chi connectivity index (χ1n) is 9.93. The predicted molar refractivity (Wildman–Crippen MR) is 110 cm³/mol. The van der Waals surface area contributed by atoms with Crippen molar-refractivity contribution >= 4 is 11.3 Å². The van der Waals surface area contributed by atoms with Crippen molar-refractivity contribution in [1.29, 1.82) is 0 Å². The van der Waals surface area contributed by atoms with Gasteiger partial charge in [0.05, 0.1) is 6.04 Å². The van der Waals surface area contributed by atoms with E-state index in [0.29, 0.717) is 6.04 Å². The molecular formula is C22H26N4S. The summed E-state index contributed by atoms with van der Waals surface area (Å²) in [6, 6.07) is 11.1. The molecule has 1 saturated carbocycles. The zero-order valence-corrected chi connectivity index (χ0v) is 17.1. The van der Waals surface area contributed by atoms with Crippen LogP contribution in [0.2, 0.25) is 0 Å². The van der Waals surface area contributed by atoms with Crippen molar-refractivity contribution in [2.24, 2.45) is 5.92 Å². The topological polar surface area (TPSA) is 34.0 Å². The highest BCUT2D eigenvalue weighted by atomic mass is 32.1. The summed E-state index contributed by atoms with van der Waals surface area (Å²) in [6.45, 7) is 8.83. The number of thiophene rings is 1. The van der Waals surface area contributed by atoms with Crippen LogP contribution in [0.4, 0.5) is 0 Å². The van der Waals surface area contributed by atoms with Crippen molar-refractivity contribution < 1.29 is 0 Å². The summed E-state index contributed by atoms with van der Waals surface area (Å²) in [5, 5.41) is 10.3. The highest BCUT2D eigenvalue weighted by Crippen LogP contribution is 2.41. The van der Waals surface area contributed by atoms with Gasteiger partial charge in [-0.25, -0.2) is 0 Å². The molecule has 5 heteroatoms. The van der Waals surface area contributed by atoms with Crippen molar-refractivity contribution in [3.8, 4) is 5.00 Å². The van der Waals surface area contributed by atoms with Crippen molar-refractivity contribution in [3.05, 3.63) is 63.5 Å². The molecule has 2 aliphatic rings. The Bertz CT molecular complexity index is 968. The van der Waals surface area contributed by atoms with Gasteiger partial charge in [0.1, 0.15) is 10.8 Å². The molecule has 0 radical (unpaired) electrons. The van der Waals surface area contributed by atoms with Crippen LogP contribution in [0, 0.1) is 19.8 Å². The van der Waals surface area contributed by atoms with Gasteiger partial charge in [0, 0.05) is 23.5 Å². The summed E-state index contributed by atoms with van der Waals surface area (Å²) in [4.78, 5) is 4.05. The molecule has 1 aliphatic carbocycles. The standard InChI is InChI=1S/C22H26N4S/c1-14-21-24-23-16(3)26(21)22-20(13-25(14)12-18-9-10-18)19(15(2)27-22)11-17-7-5-4-6-8-17/h4-8,14,18H,9-13H2,1-3H3/t14-/m0/s1. The van der Waals surface area contributed by atoms with Gasteiger partial charge in [-0.05, 0) is 57.1 Å². The van der Waals surface area contributed by atoms with Gasteiger partial charge in [0.15, 0.2) is 5.82 Å². The van der Waals surface area contributed by atoms with Crippen molar-refractivity contribution in [2.45, 2.75) is 52.6 Å². The fourth-order valence-corrected chi connectivity index (χ4v) is 5.48. The molecule has 0 bridgehead atoms. The van der Waals surface area contributed by atoms with E-state index < -0.39 is 0 Å². The molecule has 5 rings (SSSR count). The lowest BCUT2D eigenvalue weighted by Crippen LogP contribution is -2.29. The summed E-state index contributed by atoms with van der Waals surface area (Å²) in [5.74, 6) is 2.96. The first-order chi connectivity index (χ1) is 13.1. The maximum Gasteiger partial charge on any atom is 0.155 e. The van der Waals surface area contributed by atoms with Gasteiger partial charge < -0.3 is 0 Å². The van der Waals surface area contributed by atoms with Crippen LogP contribution in [0.5, 0.6) is 0 Å². The highest BCUT2D eigenvalue weighted by molar-refractivity contribution is 7.14. The molecule has 3 aromatic rings. The molecule has 0 amide bonds. The highest BCUT2D eigenvalue weighted by Gasteiger charge is 2.34. The Balaban J connectivity index is 1.63. The molecule has 0 saturated heterocycles. The van der Waals surface area contributed by atoms with Crippen LogP contribution in [0.3, 0.4) is 0 Å². The van der Waals surface area contributed by atoms with Gasteiger partial charge in [-0.3, -0.25) is 9.47 Å². The lowest BCUT2D eigenvalue weighted by atomic mass is 10.0. The van der Waals surface area contributed by atoms with Gasteiger partial charge in [-0.15, -0.1) is 21.5 Å². The fourth-order valence-electron chi connectivity index (χ4n) is 4.24. The second-order valence-electron chi connectivity index (χ2n) is 8.07. The van der Waals surface area contributed by atoms with Gasteiger partial charge >= 0.3 is 0 Å². The molecule has 1 atom stereocenters. The monoisotopic (exact) mass is 378 g/mol. The van der Waals surface area contributed by atoms with E-state index in [2.05, 4.69) is 70.8 Å². The zero-order chi connectivity index (χ0) is 18.5. The quantitative estimate of drug-likeness (QED) is 0.652. The summed E-state index contributed by atoms with van der Waals surface area (Å²) in [6.07, 6.45) is 3.75. The van der Waals surface area contributed by atoms with Crippen LogP contribution < -0.4 is 0 Å². The Labute approximate surface area is 164 Å². The minimum Gasteiger partial charge on any atom is -0.289 e. The van der Waals surface area contributed by atoms with Crippen molar-refractivity contribution in [3.63, 3.8) is 0 Å². The van der Waals surface area contributed by atoms with Crippen LogP contribution in [0.25, 0.3) is 5.00 Å². The first kappa shape index (κ1) is 17.1. The minimum atomic E-state index is 0.302. The van der Waals surface area contributed by atoms with E-state index in [1.54, 1.807) is 0 Å². The van der Waals surface area contributed by atoms with E-state index >= 15 is 0 Å². The van der Waals surface area contributed by atoms with Gasteiger partial charge in [-0.2, -0.15) is 0 Å². The summed E-state index contributed by atoms with van der Waals surface area (Å²) >= 11 is 1.91. The second kappa shape index (κ2) is 6.57. The molecular weight excluding hydrogens is 352 g/mol. The molecule has 0 unspecified atom stereocenters. The number of aryl methyl sites for hydroxylation is 2. The average Bonchev–Trinajstić information content (AvgIpc) is 3.36. The smallest absolute Gasteiger partial charge is 0.155 e. The molecule has 2 aromatic heterocycles. The molecule has 1 aromatic carbocycles. The second-order valence-corrected chi connectivity index (χ2v) is 9.28. The van der Waals surface area contributed by atoms with Gasteiger partial charge in [0.25, 0.3) is 0 Å². The lowest BCUT2D eigenvalue weighted by Gasteiger charge is -2.26. The number of benzene rings is 1. The Kier molecular flexibility index (Phi) is 4.17. The van der Waals surface area contributed by atoms with E-state index in [-0.39, 0.29) is 0 Å². The first-order valence-corrected chi connectivity index (χ1v) is 10.7. The van der Waals surface area contributed by atoms with Crippen LogP contribution in [-0.2, 0) is 13.0 Å². The molecule has 0 N–H and O–H groups in total. The van der Waals surface area contributed by atoms with E-state index in [1.807, 2.05) is 11.3 Å². The maximum atomic E-state index is 4.58. The zero-order valence-electron chi connectivity index (χ0n) is 16.3. The molecule has 140 valence electrons. The molecule has 0 spiro atoms. The summed E-state index contributed by atoms with van der Waals surface area (Å²) < 4.78 is 2.32. The third-order valence-electron chi connectivity index (χ3n) is 6.05. The Morgan fingerprint density at radius 2 is 1.89 bits per heavy atom. The number of fused-ring (bicyclic) bond motifs is 3. The lowest BCUT2D eigenvalue weighted by molar-refractivity contribution is 0.188. The molecule has 3 heterocycles. The Morgan fingerprint density at radius 1 is 1.11 bits per heavy atom. The van der Waals surface area contributed by atoms with Gasteiger partial charge in [-0.1, -0.05) is 30.3 Å². The van der Waals surface area contributed by atoms with Crippen molar-refractivity contribution in [2.75, 3.05) is 6.54 Å². The predicted octanol–water partition coefficient (Wildman–Crippen LogP) is 4.82. The Hall–Kier alpha value is -1.98. The number of hydrogen-bond donors (Lipinski definition) is 0. The van der Waals surface area contributed by atoms with Crippen LogP contribution in [-0.4, -0.2) is 26.2 Å². The van der Waals surface area contributed by atoms with Crippen LogP contribution in [0.1, 0.15) is 59.0 Å². The summed E-state index contributed by atoms with van der Waals surface area (Å²) in [7, 11) is 0. The number of rotatable bonds is 4. The van der Waals surface area contributed by atoms with E-state index in [1.165, 1.54) is 46.0 Å². The van der Waals surface area contributed by atoms with Crippen molar-refractivity contribution in [1.82, 2.24) is 19.7 Å². The number of aromatic nitrogens is 3. The SMILES string of the molecule is Cc1sc2c(c1Cc1ccccc1)CN(CC1CC1)[C@@H](C)c1nnc(C)n1-2. The number of hydrogen-bond acceptors (Lipinski definition) is 4.